The van der Waals surface area contributed by atoms with Crippen molar-refractivity contribution < 1.29 is 0 Å². The van der Waals surface area contributed by atoms with Crippen molar-refractivity contribution in [3.05, 3.63) is 0 Å². The first kappa shape index (κ1) is 11.7. The highest BCUT2D eigenvalue weighted by atomic mass is 35.5. The third-order valence-corrected chi connectivity index (χ3v) is 1.46. The normalized spacial score (nSPS) is 12.4. The van der Waals surface area contributed by atoms with E-state index in [2.05, 4.69) is 25.3 Å². The molecule has 4 heteroatoms. The number of hydrogen-bond donors (Lipinski definition) is 3. The summed E-state index contributed by atoms with van der Waals surface area (Å²) in [5, 5.41) is 0. The van der Waals surface area contributed by atoms with Gasteiger partial charge in [0.25, 0.3) is 0 Å². The van der Waals surface area contributed by atoms with E-state index in [1.54, 1.807) is 0 Å². The number of nitrogens with two attached hydrogens (primary N) is 1. The van der Waals surface area contributed by atoms with Crippen LogP contribution in [0.25, 0.3) is 0 Å². The van der Waals surface area contributed by atoms with Crippen molar-refractivity contribution in [3.63, 3.8) is 0 Å². The molecule has 52 valence electrons. The summed E-state index contributed by atoms with van der Waals surface area (Å²) in [6, 6.07) is 0.237. The fourth-order valence-corrected chi connectivity index (χ4v) is 0.771. The monoisotopic (exact) mass is 173 g/mol. The molecule has 0 aliphatic heterocycles. The molecule has 8 heavy (non-hydrogen) atoms. The van der Waals surface area contributed by atoms with Gasteiger partial charge in [-0.25, -0.2) is 0 Å². The molecule has 0 rings (SSSR count). The minimum Gasteiger partial charge on any atom is -0.327 e. The molecule has 0 aromatic rings. The van der Waals surface area contributed by atoms with Gasteiger partial charge in [-0.1, -0.05) is 0 Å². The Morgan fingerprint density at radius 1 is 1.38 bits per heavy atom. The number of rotatable bonds is 3. The summed E-state index contributed by atoms with van der Waals surface area (Å²) in [5.74, 6) is 1.63. The van der Waals surface area contributed by atoms with Gasteiger partial charge in [-0.15, -0.1) is 12.4 Å². The molecule has 1 unspecified atom stereocenters. The smallest absolute Gasteiger partial charge is 0.0135 e. The van der Waals surface area contributed by atoms with Crippen molar-refractivity contribution in [2.24, 2.45) is 5.73 Å². The van der Waals surface area contributed by atoms with Crippen molar-refractivity contribution in [1.29, 1.82) is 0 Å². The van der Waals surface area contributed by atoms with Gasteiger partial charge < -0.3 is 5.73 Å². The quantitative estimate of drug-likeness (QED) is 0.546. The molecule has 0 spiro atoms. The van der Waals surface area contributed by atoms with Crippen molar-refractivity contribution in [2.75, 3.05) is 11.5 Å². The maximum Gasteiger partial charge on any atom is 0.0135 e. The average molecular weight is 174 g/mol. The molecular formula is C4H12ClNS2. The zero-order valence-electron chi connectivity index (χ0n) is 4.58. The fourth-order valence-electron chi connectivity index (χ4n) is 0.257. The Morgan fingerprint density at radius 3 is 2.00 bits per heavy atom. The molecule has 0 heterocycles. The van der Waals surface area contributed by atoms with E-state index in [1.807, 2.05) is 0 Å². The highest BCUT2D eigenvalue weighted by molar-refractivity contribution is 7.80. The second-order valence-electron chi connectivity index (χ2n) is 1.45. The van der Waals surface area contributed by atoms with Gasteiger partial charge in [-0.05, 0) is 12.2 Å². The second kappa shape index (κ2) is 7.95. The van der Waals surface area contributed by atoms with Gasteiger partial charge in [-0.2, -0.15) is 25.3 Å². The number of hydrogen-bond acceptors (Lipinski definition) is 3. The Hall–Kier alpha value is 0.950. The topological polar surface area (TPSA) is 26.0 Å². The summed E-state index contributed by atoms with van der Waals surface area (Å²) in [4.78, 5) is 0. The first-order chi connectivity index (χ1) is 3.31. The molecule has 0 aromatic heterocycles. The van der Waals surface area contributed by atoms with E-state index in [-0.39, 0.29) is 18.4 Å². The van der Waals surface area contributed by atoms with E-state index in [0.717, 1.165) is 17.9 Å². The van der Waals surface area contributed by atoms with Crippen molar-refractivity contribution >= 4 is 37.7 Å². The molecular weight excluding hydrogens is 162 g/mol. The predicted octanol–water partition coefficient (Wildman–Crippen LogP) is 0.985. The van der Waals surface area contributed by atoms with Gasteiger partial charge in [0.1, 0.15) is 0 Å². The van der Waals surface area contributed by atoms with Crippen LogP contribution < -0.4 is 5.73 Å². The third-order valence-electron chi connectivity index (χ3n) is 0.734. The van der Waals surface area contributed by atoms with Crippen LogP contribution in [0.3, 0.4) is 0 Å². The largest absolute Gasteiger partial charge is 0.327 e. The zero-order valence-corrected chi connectivity index (χ0v) is 7.18. The molecule has 1 atom stereocenters. The SMILES string of the molecule is Cl.NC(CS)CCS. The lowest BCUT2D eigenvalue weighted by Crippen LogP contribution is -2.21. The molecule has 0 aliphatic rings. The van der Waals surface area contributed by atoms with Crippen molar-refractivity contribution in [3.8, 4) is 0 Å². The summed E-state index contributed by atoms with van der Waals surface area (Å²) < 4.78 is 0. The molecule has 0 radical (unpaired) electrons. The van der Waals surface area contributed by atoms with Crippen LogP contribution in [0.2, 0.25) is 0 Å². The van der Waals surface area contributed by atoms with Crippen LogP contribution >= 0.6 is 37.7 Å². The van der Waals surface area contributed by atoms with Crippen LogP contribution in [-0.4, -0.2) is 17.5 Å². The van der Waals surface area contributed by atoms with E-state index < -0.39 is 0 Å². The van der Waals surface area contributed by atoms with E-state index in [4.69, 9.17) is 5.73 Å². The Balaban J connectivity index is 0. The first-order valence-electron chi connectivity index (χ1n) is 2.28. The summed E-state index contributed by atoms with van der Waals surface area (Å²) in [6.45, 7) is 0. The van der Waals surface area contributed by atoms with Gasteiger partial charge in [0.2, 0.25) is 0 Å². The summed E-state index contributed by atoms with van der Waals surface area (Å²) in [6.07, 6.45) is 0.965. The van der Waals surface area contributed by atoms with Crippen molar-refractivity contribution in [2.45, 2.75) is 12.5 Å². The van der Waals surface area contributed by atoms with E-state index in [0.29, 0.717) is 0 Å². The van der Waals surface area contributed by atoms with Crippen LogP contribution in [0.5, 0.6) is 0 Å². The Kier molecular flexibility index (Phi) is 11.6. The molecule has 1 nitrogen and oxygen atoms in total. The number of thiol groups is 2. The first-order valence-corrected chi connectivity index (χ1v) is 3.55. The minimum atomic E-state index is 0. The van der Waals surface area contributed by atoms with Gasteiger partial charge >= 0.3 is 0 Å². The van der Waals surface area contributed by atoms with E-state index in [9.17, 15) is 0 Å². The lowest BCUT2D eigenvalue weighted by molar-refractivity contribution is 0.735. The summed E-state index contributed by atoms with van der Waals surface area (Å²) in [5.41, 5.74) is 5.46. The van der Waals surface area contributed by atoms with Gasteiger partial charge in [0.05, 0.1) is 0 Å². The van der Waals surface area contributed by atoms with E-state index in [1.165, 1.54) is 0 Å². The molecule has 2 N–H and O–H groups in total. The lowest BCUT2D eigenvalue weighted by atomic mass is 10.3. The van der Waals surface area contributed by atoms with Gasteiger partial charge in [0.15, 0.2) is 0 Å². The van der Waals surface area contributed by atoms with Crippen LogP contribution in [0.15, 0.2) is 0 Å². The maximum absolute atomic E-state index is 5.46. The predicted molar refractivity (Wildman–Crippen MR) is 47.5 cm³/mol. The minimum absolute atomic E-state index is 0. The van der Waals surface area contributed by atoms with Crippen LogP contribution in [-0.2, 0) is 0 Å². The molecule has 0 saturated carbocycles. The van der Waals surface area contributed by atoms with Crippen molar-refractivity contribution in [1.82, 2.24) is 0 Å². The average Bonchev–Trinajstić information content (AvgIpc) is 1.68. The number of halogens is 1. The Morgan fingerprint density at radius 2 is 1.88 bits per heavy atom. The lowest BCUT2D eigenvalue weighted by Gasteiger charge is -2.02. The highest BCUT2D eigenvalue weighted by Crippen LogP contribution is 1.91. The Bertz CT molecular complexity index is 45.0. The molecule has 0 aliphatic carbocycles. The molecule has 0 aromatic carbocycles. The molecule has 0 bridgehead atoms. The molecule has 0 fully saturated rings. The second-order valence-corrected chi connectivity index (χ2v) is 2.27. The fraction of sp³-hybridized carbons (Fsp3) is 1.00. The highest BCUT2D eigenvalue weighted by Gasteiger charge is 1.93. The van der Waals surface area contributed by atoms with Gasteiger partial charge in [-0.3, -0.25) is 0 Å². The molecule has 0 saturated heterocycles. The molecule has 0 amide bonds. The third kappa shape index (κ3) is 6.95. The standard InChI is InChI=1S/C4H11NS2.ClH/c5-4(3-7)1-2-6;/h4,6-7H,1-3,5H2;1H. The van der Waals surface area contributed by atoms with Crippen LogP contribution in [0.1, 0.15) is 6.42 Å². The summed E-state index contributed by atoms with van der Waals surface area (Å²) in [7, 11) is 0. The summed E-state index contributed by atoms with van der Waals surface area (Å²) >= 11 is 7.99. The van der Waals surface area contributed by atoms with Crippen LogP contribution in [0.4, 0.5) is 0 Å². The van der Waals surface area contributed by atoms with Crippen LogP contribution in [0, 0.1) is 0 Å². The zero-order chi connectivity index (χ0) is 5.70. The van der Waals surface area contributed by atoms with E-state index >= 15 is 0 Å². The maximum atomic E-state index is 5.46. The van der Waals surface area contributed by atoms with Gasteiger partial charge in [0, 0.05) is 11.8 Å². The Labute approximate surface area is 67.6 Å².